The van der Waals surface area contributed by atoms with Crippen molar-refractivity contribution in [3.63, 3.8) is 0 Å². The van der Waals surface area contributed by atoms with Crippen molar-refractivity contribution in [3.8, 4) is 0 Å². The lowest BCUT2D eigenvalue weighted by molar-refractivity contribution is -0.133. The van der Waals surface area contributed by atoms with Crippen LogP contribution in [0.4, 0.5) is 8.78 Å². The van der Waals surface area contributed by atoms with E-state index in [2.05, 4.69) is 0 Å². The van der Waals surface area contributed by atoms with E-state index >= 15 is 0 Å². The maximum absolute atomic E-state index is 12.8. The largest absolute Gasteiger partial charge is 0.390 e. The Bertz CT molecular complexity index is 214. The van der Waals surface area contributed by atoms with Crippen LogP contribution in [0.1, 0.15) is 38.5 Å². The Hall–Kier alpha value is -0.220. The smallest absolute Gasteiger partial charge is 0.273 e. The third-order valence-corrected chi connectivity index (χ3v) is 3.36. The average Bonchev–Trinajstić information content (AvgIpc) is 2.47. The van der Waals surface area contributed by atoms with Gasteiger partial charge in [-0.2, -0.15) is 0 Å². The van der Waals surface area contributed by atoms with Gasteiger partial charge in [0.05, 0.1) is 11.7 Å². The van der Waals surface area contributed by atoms with Gasteiger partial charge in [-0.3, -0.25) is 0 Å². The molecule has 1 atom stereocenters. The van der Waals surface area contributed by atoms with E-state index in [9.17, 15) is 8.78 Å². The highest BCUT2D eigenvalue weighted by Gasteiger charge is 2.47. The lowest BCUT2D eigenvalue weighted by Gasteiger charge is -2.38. The van der Waals surface area contributed by atoms with Crippen molar-refractivity contribution in [1.29, 1.82) is 0 Å². The molecule has 1 N–H and O–H groups in total. The molecule has 2 fully saturated rings. The molecular weight excluding hydrogens is 190 g/mol. The summed E-state index contributed by atoms with van der Waals surface area (Å²) in [5.41, 5.74) is -0.0593. The molecule has 14 heavy (non-hydrogen) atoms. The van der Waals surface area contributed by atoms with Gasteiger partial charge in [-0.25, -0.2) is 8.78 Å². The van der Waals surface area contributed by atoms with Crippen LogP contribution in [0.3, 0.4) is 0 Å². The molecule has 0 aromatic rings. The zero-order chi connectivity index (χ0) is 10.2. The van der Waals surface area contributed by atoms with Crippen LogP contribution in [0.15, 0.2) is 0 Å². The maximum Gasteiger partial charge on any atom is 0.273 e. The number of aliphatic hydroxyl groups excluding tert-OH is 1. The normalized spacial score (nSPS) is 30.6. The van der Waals surface area contributed by atoms with Gasteiger partial charge in [0.1, 0.15) is 6.61 Å². The van der Waals surface area contributed by atoms with Crippen molar-refractivity contribution < 1.29 is 18.6 Å². The molecule has 82 valence electrons. The molecule has 4 heteroatoms. The lowest BCUT2D eigenvalue weighted by atomic mass is 9.78. The van der Waals surface area contributed by atoms with Crippen molar-refractivity contribution >= 4 is 0 Å². The van der Waals surface area contributed by atoms with Crippen molar-refractivity contribution in [2.75, 3.05) is 6.61 Å². The van der Waals surface area contributed by atoms with Gasteiger partial charge < -0.3 is 9.84 Å². The molecule has 1 aliphatic carbocycles. The molecule has 1 unspecified atom stereocenters. The van der Waals surface area contributed by atoms with Gasteiger partial charge in [-0.1, -0.05) is 0 Å². The Balaban J connectivity index is 1.84. The van der Waals surface area contributed by atoms with Gasteiger partial charge in [0.2, 0.25) is 0 Å². The molecule has 2 aliphatic rings. The van der Waals surface area contributed by atoms with Gasteiger partial charge in [0.25, 0.3) is 5.92 Å². The second kappa shape index (κ2) is 3.42. The third kappa shape index (κ3) is 1.91. The SMILES string of the molecule is OCC(F)(F)CC1CCC2(CCC2)O1. The predicted molar refractivity (Wildman–Crippen MR) is 47.3 cm³/mol. The average molecular weight is 206 g/mol. The summed E-state index contributed by atoms with van der Waals surface area (Å²) in [6.07, 6.45) is 4.16. The van der Waals surface area contributed by atoms with Gasteiger partial charge in [-0.15, -0.1) is 0 Å². The Morgan fingerprint density at radius 1 is 1.36 bits per heavy atom. The van der Waals surface area contributed by atoms with Gasteiger partial charge >= 0.3 is 0 Å². The van der Waals surface area contributed by atoms with Gasteiger partial charge in [0, 0.05) is 6.42 Å². The minimum atomic E-state index is -2.97. The van der Waals surface area contributed by atoms with E-state index in [-0.39, 0.29) is 18.1 Å². The van der Waals surface area contributed by atoms with Crippen molar-refractivity contribution in [1.82, 2.24) is 0 Å². The first-order valence-electron chi connectivity index (χ1n) is 5.22. The molecule has 1 saturated carbocycles. The van der Waals surface area contributed by atoms with Crippen molar-refractivity contribution in [2.45, 2.75) is 56.2 Å². The van der Waals surface area contributed by atoms with E-state index in [0.717, 1.165) is 32.1 Å². The van der Waals surface area contributed by atoms with Gasteiger partial charge in [-0.05, 0) is 32.1 Å². The molecule has 0 radical (unpaired) electrons. The zero-order valence-electron chi connectivity index (χ0n) is 8.14. The van der Waals surface area contributed by atoms with E-state index in [1.807, 2.05) is 0 Å². The highest BCUT2D eigenvalue weighted by Crippen LogP contribution is 2.47. The fourth-order valence-electron chi connectivity index (χ4n) is 2.38. The molecule has 1 saturated heterocycles. The van der Waals surface area contributed by atoms with Crippen LogP contribution >= 0.6 is 0 Å². The van der Waals surface area contributed by atoms with Crippen LogP contribution in [-0.4, -0.2) is 29.3 Å². The number of hydrogen-bond acceptors (Lipinski definition) is 2. The number of aliphatic hydroxyl groups is 1. The fourth-order valence-corrected chi connectivity index (χ4v) is 2.38. The van der Waals surface area contributed by atoms with E-state index < -0.39 is 12.5 Å². The first-order valence-corrected chi connectivity index (χ1v) is 5.22. The number of rotatable bonds is 3. The standard InChI is InChI=1S/C10H16F2O2/c11-10(12,7-13)6-8-2-5-9(14-8)3-1-4-9/h8,13H,1-7H2. The Morgan fingerprint density at radius 3 is 2.50 bits per heavy atom. The maximum atomic E-state index is 12.8. The summed E-state index contributed by atoms with van der Waals surface area (Å²) < 4.78 is 31.3. The summed E-state index contributed by atoms with van der Waals surface area (Å²) in [6.45, 7) is -1.07. The summed E-state index contributed by atoms with van der Waals surface area (Å²) in [7, 11) is 0. The molecule has 0 amide bonds. The summed E-state index contributed by atoms with van der Waals surface area (Å²) in [4.78, 5) is 0. The topological polar surface area (TPSA) is 29.5 Å². The predicted octanol–water partition coefficient (Wildman–Crippen LogP) is 2.11. The first kappa shape index (κ1) is 10.3. The zero-order valence-corrected chi connectivity index (χ0v) is 8.14. The Kier molecular flexibility index (Phi) is 2.52. The number of halogens is 2. The highest BCUT2D eigenvalue weighted by atomic mass is 19.3. The molecule has 1 spiro atoms. The van der Waals surface area contributed by atoms with Gasteiger partial charge in [0.15, 0.2) is 0 Å². The summed E-state index contributed by atoms with van der Waals surface area (Å²) >= 11 is 0. The molecule has 1 aliphatic heterocycles. The van der Waals surface area contributed by atoms with E-state index in [4.69, 9.17) is 9.84 Å². The van der Waals surface area contributed by atoms with Crippen LogP contribution in [-0.2, 0) is 4.74 Å². The van der Waals surface area contributed by atoms with Crippen molar-refractivity contribution in [3.05, 3.63) is 0 Å². The van der Waals surface area contributed by atoms with E-state index in [0.29, 0.717) is 0 Å². The Labute approximate surface area is 82.3 Å². The van der Waals surface area contributed by atoms with Crippen LogP contribution < -0.4 is 0 Å². The highest BCUT2D eigenvalue weighted by molar-refractivity contribution is 4.96. The lowest BCUT2D eigenvalue weighted by Crippen LogP contribution is -2.38. The summed E-state index contributed by atoms with van der Waals surface area (Å²) in [5.74, 6) is -2.97. The fraction of sp³-hybridized carbons (Fsp3) is 1.00. The van der Waals surface area contributed by atoms with E-state index in [1.165, 1.54) is 0 Å². The number of ether oxygens (including phenoxy) is 1. The van der Waals surface area contributed by atoms with Crippen LogP contribution in [0.2, 0.25) is 0 Å². The third-order valence-electron chi connectivity index (χ3n) is 3.36. The quantitative estimate of drug-likeness (QED) is 0.766. The van der Waals surface area contributed by atoms with E-state index in [1.54, 1.807) is 0 Å². The minimum Gasteiger partial charge on any atom is -0.390 e. The number of alkyl halides is 2. The van der Waals surface area contributed by atoms with Crippen molar-refractivity contribution in [2.24, 2.45) is 0 Å². The molecule has 2 rings (SSSR count). The minimum absolute atomic E-state index is 0.0593. The van der Waals surface area contributed by atoms with Crippen LogP contribution in [0.5, 0.6) is 0 Å². The molecule has 1 heterocycles. The second-order valence-corrected chi connectivity index (χ2v) is 4.53. The second-order valence-electron chi connectivity index (χ2n) is 4.53. The molecule has 0 aromatic heterocycles. The Morgan fingerprint density at radius 2 is 2.07 bits per heavy atom. The monoisotopic (exact) mass is 206 g/mol. The number of hydrogen-bond donors (Lipinski definition) is 1. The molecular formula is C10H16F2O2. The van der Waals surface area contributed by atoms with Crippen LogP contribution in [0.25, 0.3) is 0 Å². The first-order chi connectivity index (χ1) is 6.55. The molecule has 2 nitrogen and oxygen atoms in total. The molecule has 0 bridgehead atoms. The van der Waals surface area contributed by atoms with Crippen LogP contribution in [0, 0.1) is 0 Å². The summed E-state index contributed by atoms with van der Waals surface area (Å²) in [5, 5.41) is 8.45. The summed E-state index contributed by atoms with van der Waals surface area (Å²) in [6, 6.07) is 0. The molecule has 0 aromatic carbocycles.